The molecule has 0 saturated heterocycles. The van der Waals surface area contributed by atoms with Crippen molar-refractivity contribution < 1.29 is 13.6 Å². The lowest BCUT2D eigenvalue weighted by Crippen LogP contribution is -2.12. The lowest BCUT2D eigenvalue weighted by Gasteiger charge is -2.16. The Morgan fingerprint density at radius 2 is 1.53 bits per heavy atom. The molecule has 0 aliphatic heterocycles. The molecule has 4 rings (SSSR count). The van der Waals surface area contributed by atoms with Crippen molar-refractivity contribution in [2.45, 2.75) is 106 Å². The van der Waals surface area contributed by atoms with Crippen molar-refractivity contribution in [3.8, 4) is 11.1 Å². The van der Waals surface area contributed by atoms with E-state index in [4.69, 9.17) is 4.98 Å². The quantitative estimate of drug-likeness (QED) is 0.109. The molecule has 0 fully saturated rings. The van der Waals surface area contributed by atoms with Crippen molar-refractivity contribution in [1.29, 1.82) is 0 Å². The Hall–Kier alpha value is -3.80. The second-order valence-electron chi connectivity index (χ2n) is 11.7. The van der Waals surface area contributed by atoms with Crippen LogP contribution in [0.2, 0.25) is 0 Å². The predicted molar refractivity (Wildman–Crippen MR) is 188 cm³/mol. The maximum Gasteiger partial charge on any atom is 0.207 e. The number of halogens is 2. The number of benzene rings is 3. The summed E-state index contributed by atoms with van der Waals surface area (Å²) >= 11 is 0. The fraction of sp³-hybridized carbons (Fsp3) is 0.436. The number of hydrogen-bond donors (Lipinski definition) is 2. The Labute approximate surface area is 270 Å². The second-order valence-corrected chi connectivity index (χ2v) is 11.7. The summed E-state index contributed by atoms with van der Waals surface area (Å²) in [6.45, 7) is 14.7. The summed E-state index contributed by atoms with van der Waals surface area (Å²) < 4.78 is 28.2. The molecule has 0 radical (unpaired) electrons. The van der Waals surface area contributed by atoms with Crippen molar-refractivity contribution >= 4 is 23.1 Å². The summed E-state index contributed by atoms with van der Waals surface area (Å²) in [5.41, 5.74) is 4.97. The van der Waals surface area contributed by atoms with Crippen LogP contribution in [-0.2, 0) is 23.4 Å². The van der Waals surface area contributed by atoms with E-state index in [0.29, 0.717) is 18.7 Å². The molecule has 45 heavy (non-hydrogen) atoms. The molecule has 244 valence electrons. The number of unbranched alkanes of at least 4 members (excludes halogenated alkanes) is 4. The number of carbonyl (C=O) groups is 1. The number of nitrogens with one attached hydrogen (secondary N) is 2. The zero-order valence-electron chi connectivity index (χ0n) is 28.4. The van der Waals surface area contributed by atoms with Crippen LogP contribution in [0.15, 0.2) is 66.7 Å². The van der Waals surface area contributed by atoms with Crippen LogP contribution >= 0.6 is 0 Å². The van der Waals surface area contributed by atoms with Crippen LogP contribution in [0.4, 0.5) is 14.6 Å². The Balaban J connectivity index is 0.000000790. The molecule has 3 aromatic carbocycles. The van der Waals surface area contributed by atoms with Gasteiger partial charge in [0, 0.05) is 18.5 Å². The number of hydrogen-bond acceptors (Lipinski definition) is 3. The van der Waals surface area contributed by atoms with Crippen LogP contribution in [0.3, 0.4) is 0 Å². The number of pyridine rings is 1. The van der Waals surface area contributed by atoms with Crippen LogP contribution in [0.25, 0.3) is 22.0 Å². The van der Waals surface area contributed by atoms with E-state index < -0.39 is 5.67 Å². The Kier molecular flexibility index (Phi) is 16.2. The van der Waals surface area contributed by atoms with Crippen LogP contribution in [0, 0.1) is 12.7 Å². The maximum atomic E-state index is 14.2. The van der Waals surface area contributed by atoms with Gasteiger partial charge in [-0.3, -0.25) is 4.79 Å². The summed E-state index contributed by atoms with van der Waals surface area (Å²) in [5.74, 6) is 0.511. The van der Waals surface area contributed by atoms with Crippen molar-refractivity contribution in [3.63, 3.8) is 0 Å². The van der Waals surface area contributed by atoms with E-state index in [1.165, 1.54) is 31.7 Å². The van der Waals surface area contributed by atoms with E-state index >= 15 is 0 Å². The summed E-state index contributed by atoms with van der Waals surface area (Å²) in [6.07, 6.45) is 8.85. The van der Waals surface area contributed by atoms with Gasteiger partial charge in [-0.1, -0.05) is 89.8 Å². The molecule has 4 aromatic rings. The van der Waals surface area contributed by atoms with Crippen LogP contribution in [0.1, 0.15) is 102 Å². The average Bonchev–Trinajstić information content (AvgIpc) is 3.03. The summed E-state index contributed by atoms with van der Waals surface area (Å²) in [6, 6.07) is 20.6. The topological polar surface area (TPSA) is 54.0 Å². The smallest absolute Gasteiger partial charge is 0.207 e. The van der Waals surface area contributed by atoms with Gasteiger partial charge in [0.05, 0.1) is 5.52 Å². The van der Waals surface area contributed by atoms with Gasteiger partial charge in [-0.05, 0) is 104 Å². The Morgan fingerprint density at radius 1 is 0.844 bits per heavy atom. The van der Waals surface area contributed by atoms with E-state index in [1.807, 2.05) is 63.2 Å². The highest BCUT2D eigenvalue weighted by atomic mass is 19.1. The molecule has 0 spiro atoms. The highest BCUT2D eigenvalue weighted by molar-refractivity contribution is 5.88. The van der Waals surface area contributed by atoms with Gasteiger partial charge in [0.2, 0.25) is 6.41 Å². The second kappa shape index (κ2) is 19.6. The number of carbonyl (C=O) groups excluding carboxylic acids is 1. The minimum Gasteiger partial charge on any atom is -0.366 e. The first-order chi connectivity index (χ1) is 21.6. The minimum atomic E-state index is -1.37. The highest BCUT2D eigenvalue weighted by Crippen LogP contribution is 2.30. The molecule has 0 unspecified atom stereocenters. The molecule has 0 aliphatic carbocycles. The Bertz CT molecular complexity index is 1420. The molecule has 1 aromatic heterocycles. The van der Waals surface area contributed by atoms with Gasteiger partial charge < -0.3 is 10.6 Å². The van der Waals surface area contributed by atoms with E-state index in [2.05, 4.69) is 36.6 Å². The summed E-state index contributed by atoms with van der Waals surface area (Å²) in [5, 5.41) is 7.15. The third-order valence-corrected chi connectivity index (χ3v) is 7.44. The third kappa shape index (κ3) is 12.6. The molecule has 6 heteroatoms. The lowest BCUT2D eigenvalue weighted by atomic mass is 9.97. The zero-order valence-corrected chi connectivity index (χ0v) is 28.4. The van der Waals surface area contributed by atoms with Crippen molar-refractivity contribution in [1.82, 2.24) is 10.3 Å². The van der Waals surface area contributed by atoms with Crippen molar-refractivity contribution in [2.75, 3.05) is 11.9 Å². The zero-order chi connectivity index (χ0) is 33.2. The van der Waals surface area contributed by atoms with Gasteiger partial charge in [-0.25, -0.2) is 13.8 Å². The molecule has 2 N–H and O–H groups in total. The molecular formula is C39H53F2N3O. The van der Waals surface area contributed by atoms with E-state index in [1.54, 1.807) is 19.9 Å². The van der Waals surface area contributed by atoms with Gasteiger partial charge in [0.15, 0.2) is 0 Å². The first kappa shape index (κ1) is 37.4. The van der Waals surface area contributed by atoms with Crippen molar-refractivity contribution in [2.24, 2.45) is 0 Å². The molecule has 4 nitrogen and oxygen atoms in total. The monoisotopic (exact) mass is 617 g/mol. The van der Waals surface area contributed by atoms with Gasteiger partial charge in [0.1, 0.15) is 17.3 Å². The number of nitrogens with zero attached hydrogens (tertiary/aromatic N) is 1. The van der Waals surface area contributed by atoms with Crippen molar-refractivity contribution in [3.05, 3.63) is 94.8 Å². The first-order valence-corrected chi connectivity index (χ1v) is 16.5. The standard InChI is InChI=1S/C31H33F2N3O.C6H14.C2H6/c1-21-14-25(16-27(32)15-21)23-9-12-29-28(17-23)24(6-4-5-13-34-20-37)18-30(36-29)35-19-22-7-10-26(11-8-22)31(2,3)33;1-3-5-6-4-2;1-2/h7-12,14-18,20H,4-6,13,19H2,1-3H3,(H,34,37)(H,35,36);3-6H2,1-2H3;1-2H3. The number of aromatic nitrogens is 1. The van der Waals surface area contributed by atoms with E-state index in [9.17, 15) is 13.6 Å². The third-order valence-electron chi connectivity index (χ3n) is 7.44. The SMILES string of the molecule is CC.CCCCCC.Cc1cc(F)cc(-c2ccc3nc(NCc4ccc(C(C)(C)F)cc4)cc(CCCCNC=O)c3c2)c1. The number of anilines is 1. The molecule has 1 heterocycles. The fourth-order valence-electron chi connectivity index (χ4n) is 4.99. The highest BCUT2D eigenvalue weighted by Gasteiger charge is 2.18. The van der Waals surface area contributed by atoms with Crippen LogP contribution in [0.5, 0.6) is 0 Å². The number of fused-ring (bicyclic) bond motifs is 1. The normalized spacial score (nSPS) is 10.8. The molecule has 0 bridgehead atoms. The average molecular weight is 618 g/mol. The number of aryl methyl sites for hydroxylation is 2. The molecule has 0 aliphatic rings. The molecule has 0 saturated carbocycles. The largest absolute Gasteiger partial charge is 0.366 e. The number of rotatable bonds is 14. The number of alkyl halides is 1. The van der Waals surface area contributed by atoms with Crippen LogP contribution in [-0.4, -0.2) is 17.9 Å². The first-order valence-electron chi connectivity index (χ1n) is 16.5. The van der Waals surface area contributed by atoms with Gasteiger partial charge in [0.25, 0.3) is 0 Å². The van der Waals surface area contributed by atoms with Gasteiger partial charge >= 0.3 is 0 Å². The maximum absolute atomic E-state index is 14.2. The molecule has 0 atom stereocenters. The molecular weight excluding hydrogens is 564 g/mol. The van der Waals surface area contributed by atoms with E-state index in [0.717, 1.165) is 70.2 Å². The lowest BCUT2D eigenvalue weighted by molar-refractivity contribution is -0.109. The van der Waals surface area contributed by atoms with Gasteiger partial charge in [-0.15, -0.1) is 0 Å². The number of amides is 1. The Morgan fingerprint density at radius 3 is 2.13 bits per heavy atom. The fourth-order valence-corrected chi connectivity index (χ4v) is 4.99. The summed E-state index contributed by atoms with van der Waals surface area (Å²) in [7, 11) is 0. The minimum absolute atomic E-state index is 0.251. The molecule has 1 amide bonds. The van der Waals surface area contributed by atoms with E-state index in [-0.39, 0.29) is 5.82 Å². The van der Waals surface area contributed by atoms with Crippen LogP contribution < -0.4 is 10.6 Å². The predicted octanol–water partition coefficient (Wildman–Crippen LogP) is 10.8. The summed E-state index contributed by atoms with van der Waals surface area (Å²) in [4.78, 5) is 15.4. The van der Waals surface area contributed by atoms with Gasteiger partial charge in [-0.2, -0.15) is 0 Å².